The minimum atomic E-state index is -0.605. The van der Waals surface area contributed by atoms with Crippen LogP contribution in [0.15, 0.2) is 41.3 Å². The Morgan fingerprint density at radius 2 is 1.89 bits per heavy atom. The van der Waals surface area contributed by atoms with E-state index in [-0.39, 0.29) is 0 Å². The molecule has 0 saturated heterocycles. The van der Waals surface area contributed by atoms with Crippen molar-refractivity contribution < 1.29 is 8.78 Å². The zero-order chi connectivity index (χ0) is 13.1. The van der Waals surface area contributed by atoms with Gasteiger partial charge in [-0.2, -0.15) is 5.26 Å². The molecular weight excluding hydrogens is 252 g/mol. The van der Waals surface area contributed by atoms with Crippen LogP contribution in [0.3, 0.4) is 0 Å². The molecule has 0 amide bonds. The van der Waals surface area contributed by atoms with Gasteiger partial charge < -0.3 is 0 Å². The van der Waals surface area contributed by atoms with Crippen LogP contribution in [0.2, 0.25) is 0 Å². The predicted molar refractivity (Wildman–Crippen MR) is 68.3 cm³/mol. The molecule has 0 N–H and O–H groups in total. The maximum Gasteiger partial charge on any atom is 0.133 e. The Labute approximate surface area is 108 Å². The molecule has 18 heavy (non-hydrogen) atoms. The van der Waals surface area contributed by atoms with Gasteiger partial charge in [-0.05, 0) is 36.1 Å². The first-order valence-corrected chi connectivity index (χ1v) is 6.41. The average molecular weight is 261 g/mol. The van der Waals surface area contributed by atoms with Gasteiger partial charge >= 0.3 is 0 Å². The van der Waals surface area contributed by atoms with Crippen molar-refractivity contribution in [1.82, 2.24) is 0 Å². The minimum absolute atomic E-state index is 0.330. The largest absolute Gasteiger partial charge is 0.207 e. The zero-order valence-electron chi connectivity index (χ0n) is 9.58. The van der Waals surface area contributed by atoms with Gasteiger partial charge in [-0.1, -0.05) is 6.07 Å². The number of hydrogen-bond acceptors (Lipinski definition) is 2. The number of nitrogens with zero attached hydrogens (tertiary/aromatic N) is 1. The Kier molecular flexibility index (Phi) is 3.63. The molecule has 0 unspecified atom stereocenters. The molecule has 4 heteroatoms. The second-order valence-electron chi connectivity index (χ2n) is 3.65. The van der Waals surface area contributed by atoms with E-state index in [1.165, 1.54) is 23.9 Å². The topological polar surface area (TPSA) is 23.8 Å². The second-order valence-corrected chi connectivity index (χ2v) is 4.50. The molecule has 0 aliphatic heterocycles. The summed E-state index contributed by atoms with van der Waals surface area (Å²) in [5.74, 6) is -1.21. The van der Waals surface area contributed by atoms with Crippen LogP contribution in [0.25, 0.3) is 11.1 Å². The molecule has 2 aromatic carbocycles. The van der Waals surface area contributed by atoms with Crippen molar-refractivity contribution in [3.05, 3.63) is 53.6 Å². The third-order valence-corrected chi connectivity index (χ3v) is 3.34. The molecule has 0 saturated carbocycles. The third-order valence-electron chi connectivity index (χ3n) is 2.56. The monoisotopic (exact) mass is 261 g/mol. The van der Waals surface area contributed by atoms with Crippen molar-refractivity contribution in [2.75, 3.05) is 6.26 Å². The maximum atomic E-state index is 13.6. The Morgan fingerprint density at radius 1 is 1.11 bits per heavy atom. The highest BCUT2D eigenvalue weighted by atomic mass is 32.2. The highest BCUT2D eigenvalue weighted by molar-refractivity contribution is 7.98. The summed E-state index contributed by atoms with van der Waals surface area (Å²) in [6, 6.07) is 10.6. The number of hydrogen-bond donors (Lipinski definition) is 0. The van der Waals surface area contributed by atoms with Crippen LogP contribution >= 0.6 is 11.8 Å². The van der Waals surface area contributed by atoms with E-state index in [1.54, 1.807) is 18.2 Å². The van der Waals surface area contributed by atoms with E-state index in [2.05, 4.69) is 6.07 Å². The van der Waals surface area contributed by atoms with Crippen molar-refractivity contribution in [1.29, 1.82) is 5.26 Å². The van der Waals surface area contributed by atoms with Crippen LogP contribution in [0.1, 0.15) is 5.56 Å². The van der Waals surface area contributed by atoms with E-state index >= 15 is 0 Å². The Balaban J connectivity index is 2.55. The molecule has 0 fully saturated rings. The fourth-order valence-electron chi connectivity index (χ4n) is 1.67. The summed E-state index contributed by atoms with van der Waals surface area (Å²) in [5.41, 5.74) is 1.51. The van der Waals surface area contributed by atoms with Crippen LogP contribution in [0, 0.1) is 23.0 Å². The molecule has 0 aromatic heterocycles. The molecule has 0 radical (unpaired) electrons. The van der Waals surface area contributed by atoms with E-state index < -0.39 is 11.6 Å². The molecule has 1 nitrogen and oxygen atoms in total. The molecule has 2 aromatic rings. The van der Waals surface area contributed by atoms with Gasteiger partial charge in [0.2, 0.25) is 0 Å². The van der Waals surface area contributed by atoms with Gasteiger partial charge in [0.1, 0.15) is 17.7 Å². The number of thioether (sulfide) groups is 1. The fraction of sp³-hybridized carbons (Fsp3) is 0.0714. The van der Waals surface area contributed by atoms with E-state index in [0.717, 1.165) is 11.0 Å². The van der Waals surface area contributed by atoms with Gasteiger partial charge in [0.05, 0.1) is 5.56 Å². The standard InChI is InChI=1S/C14H9F2NS/c1-18-14-6-9(2-3-10(14)8-17)12-5-4-11(15)7-13(12)16/h2-7H,1H3. The summed E-state index contributed by atoms with van der Waals surface area (Å²) < 4.78 is 26.5. The molecule has 0 bridgehead atoms. The first-order chi connectivity index (χ1) is 8.65. The van der Waals surface area contributed by atoms with Crippen molar-refractivity contribution in [3.8, 4) is 17.2 Å². The van der Waals surface area contributed by atoms with Gasteiger partial charge in [-0.25, -0.2) is 8.78 Å². The van der Waals surface area contributed by atoms with E-state index in [4.69, 9.17) is 5.26 Å². The van der Waals surface area contributed by atoms with Gasteiger partial charge in [-0.15, -0.1) is 11.8 Å². The van der Waals surface area contributed by atoms with Gasteiger partial charge in [0, 0.05) is 16.5 Å². The van der Waals surface area contributed by atoms with Crippen LogP contribution < -0.4 is 0 Å². The Morgan fingerprint density at radius 3 is 2.50 bits per heavy atom. The minimum Gasteiger partial charge on any atom is -0.207 e. The Bertz CT molecular complexity index is 632. The number of halogens is 2. The lowest BCUT2D eigenvalue weighted by molar-refractivity contribution is 0.585. The van der Waals surface area contributed by atoms with E-state index in [0.29, 0.717) is 16.7 Å². The predicted octanol–water partition coefficient (Wildman–Crippen LogP) is 4.23. The second kappa shape index (κ2) is 5.19. The lowest BCUT2D eigenvalue weighted by atomic mass is 10.0. The van der Waals surface area contributed by atoms with Crippen molar-refractivity contribution in [3.63, 3.8) is 0 Å². The van der Waals surface area contributed by atoms with E-state index in [1.807, 2.05) is 6.26 Å². The molecule has 0 heterocycles. The van der Waals surface area contributed by atoms with Crippen LogP contribution in [-0.2, 0) is 0 Å². The fourth-order valence-corrected chi connectivity index (χ4v) is 2.25. The number of benzene rings is 2. The highest BCUT2D eigenvalue weighted by Gasteiger charge is 2.09. The van der Waals surface area contributed by atoms with Crippen molar-refractivity contribution >= 4 is 11.8 Å². The molecule has 0 aliphatic rings. The summed E-state index contributed by atoms with van der Waals surface area (Å²) in [6.45, 7) is 0. The third kappa shape index (κ3) is 2.36. The normalized spacial score (nSPS) is 10.1. The number of nitriles is 1. The quantitative estimate of drug-likeness (QED) is 0.755. The summed E-state index contributed by atoms with van der Waals surface area (Å²) in [7, 11) is 0. The smallest absolute Gasteiger partial charge is 0.133 e. The highest BCUT2D eigenvalue weighted by Crippen LogP contribution is 2.29. The SMILES string of the molecule is CSc1cc(-c2ccc(F)cc2F)ccc1C#N. The zero-order valence-corrected chi connectivity index (χ0v) is 10.4. The molecule has 0 atom stereocenters. The summed E-state index contributed by atoms with van der Waals surface area (Å²) >= 11 is 1.42. The summed E-state index contributed by atoms with van der Waals surface area (Å²) in [4.78, 5) is 0.777. The number of rotatable bonds is 2. The van der Waals surface area contributed by atoms with Crippen LogP contribution in [0.4, 0.5) is 8.78 Å². The summed E-state index contributed by atoms with van der Waals surface area (Å²) in [5, 5.41) is 8.91. The lowest BCUT2D eigenvalue weighted by Crippen LogP contribution is -1.88. The molecule has 0 spiro atoms. The van der Waals surface area contributed by atoms with Crippen molar-refractivity contribution in [2.24, 2.45) is 0 Å². The first kappa shape index (κ1) is 12.6. The molecule has 90 valence electrons. The first-order valence-electron chi connectivity index (χ1n) is 5.19. The van der Waals surface area contributed by atoms with Gasteiger partial charge in [-0.3, -0.25) is 0 Å². The average Bonchev–Trinajstić information content (AvgIpc) is 2.38. The van der Waals surface area contributed by atoms with Crippen LogP contribution in [-0.4, -0.2) is 6.26 Å². The lowest BCUT2D eigenvalue weighted by Gasteiger charge is -2.06. The van der Waals surface area contributed by atoms with Gasteiger partial charge in [0.25, 0.3) is 0 Å². The molecule has 2 rings (SSSR count). The van der Waals surface area contributed by atoms with Gasteiger partial charge in [0.15, 0.2) is 0 Å². The van der Waals surface area contributed by atoms with E-state index in [9.17, 15) is 8.78 Å². The molecular formula is C14H9F2NS. The summed E-state index contributed by atoms with van der Waals surface area (Å²) in [6.07, 6.45) is 1.85. The van der Waals surface area contributed by atoms with Crippen LogP contribution in [0.5, 0.6) is 0 Å². The Hall–Kier alpha value is -1.86. The molecule has 0 aliphatic carbocycles. The maximum absolute atomic E-state index is 13.6. The van der Waals surface area contributed by atoms with Crippen molar-refractivity contribution in [2.45, 2.75) is 4.90 Å².